The van der Waals surface area contributed by atoms with Gasteiger partial charge in [0.1, 0.15) is 5.76 Å². The highest BCUT2D eigenvalue weighted by Crippen LogP contribution is 2.15. The third-order valence-corrected chi connectivity index (χ3v) is 2.42. The van der Waals surface area contributed by atoms with Crippen molar-refractivity contribution in [2.75, 3.05) is 11.9 Å². The van der Waals surface area contributed by atoms with Crippen LogP contribution in [0.3, 0.4) is 0 Å². The monoisotopic (exact) mass is 312 g/mol. The van der Waals surface area contributed by atoms with Crippen molar-refractivity contribution in [2.45, 2.75) is 6.92 Å². The summed E-state index contributed by atoms with van der Waals surface area (Å²) in [4.78, 5) is 11.6. The van der Waals surface area contributed by atoms with Crippen LogP contribution in [0.1, 0.15) is 6.92 Å². The van der Waals surface area contributed by atoms with Crippen LogP contribution in [0.25, 0.3) is 0 Å². The number of rotatable bonds is 5. The smallest absolute Gasteiger partial charge is 0.362 e. The van der Waals surface area contributed by atoms with Gasteiger partial charge in [0.15, 0.2) is 0 Å². The van der Waals surface area contributed by atoms with Crippen molar-refractivity contribution in [3.8, 4) is 0 Å². The topological polar surface area (TPSA) is 71.2 Å². The largest absolute Gasteiger partial charge is 0.509 e. The first-order valence-corrected chi connectivity index (χ1v) is 6.43. The van der Waals surface area contributed by atoms with E-state index in [0.29, 0.717) is 5.69 Å². The fourth-order valence-corrected chi connectivity index (χ4v) is 1.35. The van der Waals surface area contributed by atoms with Crippen molar-refractivity contribution in [1.82, 2.24) is 0 Å². The highest BCUT2D eigenvalue weighted by Gasteiger charge is 2.15. The van der Waals surface area contributed by atoms with Crippen LogP contribution < -0.4 is 0 Å². The molecule has 0 atom stereocenters. The first-order valence-electron chi connectivity index (χ1n) is 5.31. The molecule has 0 heterocycles. The molecule has 0 aliphatic carbocycles. The number of halogens is 1. The predicted molar refractivity (Wildman–Crippen MR) is 71.0 cm³/mol. The van der Waals surface area contributed by atoms with Gasteiger partial charge in [-0.25, -0.2) is 4.79 Å². The highest BCUT2D eigenvalue weighted by atomic mass is 79.9. The molecule has 96 valence electrons. The van der Waals surface area contributed by atoms with Crippen molar-refractivity contribution in [2.24, 2.45) is 10.2 Å². The number of hydrogen-bond donors (Lipinski definition) is 1. The van der Waals surface area contributed by atoms with Gasteiger partial charge in [0.25, 0.3) is 0 Å². The second-order valence-corrected chi connectivity index (χ2v) is 3.75. The number of allylic oxidation sites excluding steroid dienone is 1. The van der Waals surface area contributed by atoms with E-state index in [2.05, 4.69) is 26.2 Å². The summed E-state index contributed by atoms with van der Waals surface area (Å²) in [6.07, 6.45) is 0. The van der Waals surface area contributed by atoms with E-state index in [1.54, 1.807) is 31.2 Å². The van der Waals surface area contributed by atoms with Crippen molar-refractivity contribution in [3.05, 3.63) is 41.8 Å². The summed E-state index contributed by atoms with van der Waals surface area (Å²) in [7, 11) is 0. The van der Waals surface area contributed by atoms with Gasteiger partial charge >= 0.3 is 5.97 Å². The van der Waals surface area contributed by atoms with Gasteiger partial charge in [0, 0.05) is 0 Å². The van der Waals surface area contributed by atoms with Crippen LogP contribution in [0.5, 0.6) is 0 Å². The van der Waals surface area contributed by atoms with E-state index in [9.17, 15) is 9.90 Å². The molecule has 1 aromatic rings. The molecule has 0 radical (unpaired) electrons. The molecule has 0 amide bonds. The second kappa shape index (κ2) is 7.60. The Balaban J connectivity index is 2.93. The van der Waals surface area contributed by atoms with Gasteiger partial charge in [-0.1, -0.05) is 34.1 Å². The third-order valence-electron chi connectivity index (χ3n) is 1.89. The number of carbonyl (C=O) groups is 1. The Morgan fingerprint density at radius 3 is 2.61 bits per heavy atom. The molecule has 0 fully saturated rings. The summed E-state index contributed by atoms with van der Waals surface area (Å²) in [6.45, 7) is 1.88. The molecule has 1 aromatic carbocycles. The molecule has 0 spiro atoms. The van der Waals surface area contributed by atoms with Crippen LogP contribution in [0, 0.1) is 0 Å². The zero-order valence-corrected chi connectivity index (χ0v) is 11.4. The summed E-state index contributed by atoms with van der Waals surface area (Å²) in [5.74, 6) is -0.915. The SMILES string of the molecule is CCOC(=O)/C(N=Nc1ccccc1)=C(/O)CBr. The van der Waals surface area contributed by atoms with Crippen LogP contribution in [0.2, 0.25) is 0 Å². The Morgan fingerprint density at radius 2 is 2.06 bits per heavy atom. The van der Waals surface area contributed by atoms with E-state index in [4.69, 9.17) is 4.74 Å². The summed E-state index contributed by atoms with van der Waals surface area (Å²) >= 11 is 3.04. The number of aliphatic hydroxyl groups excluding tert-OH is 1. The molecule has 0 aromatic heterocycles. The molecule has 0 bridgehead atoms. The number of nitrogens with zero attached hydrogens (tertiary/aromatic N) is 2. The maximum Gasteiger partial charge on any atom is 0.362 e. The van der Waals surface area contributed by atoms with E-state index >= 15 is 0 Å². The maximum atomic E-state index is 11.6. The summed E-state index contributed by atoms with van der Waals surface area (Å²) in [5.41, 5.74) is 0.388. The average molecular weight is 313 g/mol. The lowest BCUT2D eigenvalue weighted by Gasteiger charge is -2.03. The zero-order chi connectivity index (χ0) is 13.4. The number of aliphatic hydroxyl groups is 1. The third kappa shape index (κ3) is 4.29. The van der Waals surface area contributed by atoms with E-state index in [0.717, 1.165) is 0 Å². The van der Waals surface area contributed by atoms with Crippen molar-refractivity contribution < 1.29 is 14.6 Å². The lowest BCUT2D eigenvalue weighted by atomic mass is 10.3. The van der Waals surface area contributed by atoms with Crippen molar-refractivity contribution in [1.29, 1.82) is 0 Å². The standard InChI is InChI=1S/C12H13BrN2O3/c1-2-18-12(17)11(10(16)8-13)15-14-9-6-4-3-5-7-9/h3-7,16H,2,8H2,1H3/b11-10-,15-14?. The molecule has 6 heteroatoms. The van der Waals surface area contributed by atoms with Gasteiger partial charge in [-0.2, -0.15) is 5.11 Å². The first-order chi connectivity index (χ1) is 8.69. The number of benzene rings is 1. The maximum absolute atomic E-state index is 11.6. The minimum absolute atomic E-state index is 0.106. The van der Waals surface area contributed by atoms with Crippen molar-refractivity contribution >= 4 is 27.6 Å². The molecule has 0 unspecified atom stereocenters. The Hall–Kier alpha value is -1.69. The molecule has 1 rings (SSSR count). The number of ether oxygens (including phenoxy) is 1. The van der Waals surface area contributed by atoms with Gasteiger partial charge in [0.2, 0.25) is 5.70 Å². The zero-order valence-electron chi connectivity index (χ0n) is 9.84. The van der Waals surface area contributed by atoms with Crippen LogP contribution in [-0.4, -0.2) is 23.0 Å². The number of hydrogen-bond acceptors (Lipinski definition) is 5. The summed E-state index contributed by atoms with van der Waals surface area (Å²) in [6, 6.07) is 8.91. The molecule has 0 saturated carbocycles. The van der Waals surface area contributed by atoms with Crippen LogP contribution >= 0.6 is 15.9 Å². The highest BCUT2D eigenvalue weighted by molar-refractivity contribution is 9.09. The van der Waals surface area contributed by atoms with Gasteiger partial charge in [-0.05, 0) is 19.1 Å². The summed E-state index contributed by atoms with van der Waals surface area (Å²) < 4.78 is 4.78. The average Bonchev–Trinajstić information content (AvgIpc) is 2.40. The fraction of sp³-hybridized carbons (Fsp3) is 0.250. The molecule has 1 N–H and O–H groups in total. The van der Waals surface area contributed by atoms with Gasteiger partial charge in [0.05, 0.1) is 17.6 Å². The fourth-order valence-electron chi connectivity index (χ4n) is 1.08. The number of carbonyl (C=O) groups excluding carboxylic acids is 1. The molecular formula is C12H13BrN2O3. The molecule has 0 saturated heterocycles. The molecule has 0 aliphatic heterocycles. The Morgan fingerprint density at radius 1 is 1.39 bits per heavy atom. The Bertz CT molecular complexity index is 458. The molecule has 0 aliphatic rings. The van der Waals surface area contributed by atoms with E-state index in [1.165, 1.54) is 0 Å². The molecule has 18 heavy (non-hydrogen) atoms. The molecule has 5 nitrogen and oxygen atoms in total. The molecular weight excluding hydrogens is 300 g/mol. The second-order valence-electron chi connectivity index (χ2n) is 3.18. The minimum atomic E-state index is -0.700. The Labute approximate surface area is 113 Å². The van der Waals surface area contributed by atoms with E-state index in [-0.39, 0.29) is 23.4 Å². The lowest BCUT2D eigenvalue weighted by Crippen LogP contribution is -2.09. The van der Waals surface area contributed by atoms with Gasteiger partial charge < -0.3 is 9.84 Å². The first kappa shape index (κ1) is 14.4. The number of azo groups is 1. The summed E-state index contributed by atoms with van der Waals surface area (Å²) in [5, 5.41) is 17.3. The number of alkyl halides is 1. The van der Waals surface area contributed by atoms with Crippen LogP contribution in [0.4, 0.5) is 5.69 Å². The normalized spacial score (nSPS) is 12.3. The number of esters is 1. The van der Waals surface area contributed by atoms with E-state index < -0.39 is 5.97 Å². The van der Waals surface area contributed by atoms with Crippen LogP contribution in [-0.2, 0) is 9.53 Å². The van der Waals surface area contributed by atoms with Gasteiger partial charge in [-0.3, -0.25) is 0 Å². The predicted octanol–water partition coefficient (Wildman–Crippen LogP) is 3.50. The lowest BCUT2D eigenvalue weighted by molar-refractivity contribution is -0.138. The van der Waals surface area contributed by atoms with Gasteiger partial charge in [-0.15, -0.1) is 5.11 Å². The Kier molecular flexibility index (Phi) is 6.07. The van der Waals surface area contributed by atoms with E-state index in [1.807, 2.05) is 6.07 Å². The minimum Gasteiger partial charge on any atom is -0.509 e. The van der Waals surface area contributed by atoms with Crippen molar-refractivity contribution in [3.63, 3.8) is 0 Å². The van der Waals surface area contributed by atoms with Crippen LogP contribution in [0.15, 0.2) is 52.0 Å². The quantitative estimate of drug-likeness (QED) is 0.297.